The van der Waals surface area contributed by atoms with Crippen LogP contribution in [0.1, 0.15) is 32.4 Å². The maximum atomic E-state index is 11.6. The quantitative estimate of drug-likeness (QED) is 0.262. The number of benzene rings is 1. The topological polar surface area (TPSA) is 129 Å². The van der Waals surface area contributed by atoms with Crippen LogP contribution in [-0.2, 0) is 4.79 Å². The highest BCUT2D eigenvalue weighted by Gasteiger charge is 2.21. The molecule has 12 heteroatoms. The Morgan fingerprint density at radius 2 is 1.93 bits per heavy atom. The minimum absolute atomic E-state index is 0.107. The zero-order chi connectivity index (χ0) is 28.9. The van der Waals surface area contributed by atoms with E-state index in [0.717, 1.165) is 58.0 Å². The molecule has 41 heavy (non-hydrogen) atoms. The molecule has 3 aromatic heterocycles. The number of nitrogens with zero attached hydrogens (tertiary/aromatic N) is 6. The van der Waals surface area contributed by atoms with Gasteiger partial charge in [0.25, 0.3) is 0 Å². The second kappa shape index (κ2) is 12.5. The highest BCUT2D eigenvalue weighted by molar-refractivity contribution is 7.19. The highest BCUT2D eigenvalue weighted by Crippen LogP contribution is 2.40. The molecule has 1 aromatic carbocycles. The standard InChI is InChI=1S/C29H34N8O3S/c1-5-30-29-35-26(21-14-20(18(2)38)15-23(16-21)40-4)27(41-29)24-8-9-31-28(34-24)33-22-6-7-25(32-17-22)37-12-10-36(11-13-37)19(3)39/h6-9,14-18,38H,5,10-13H2,1-4H3,(H,30,35)(H,31,33,34). The third-order valence-corrected chi connectivity index (χ3v) is 7.85. The lowest BCUT2D eigenvalue weighted by Crippen LogP contribution is -2.48. The fraction of sp³-hybridized carbons (Fsp3) is 0.345. The van der Waals surface area contributed by atoms with Crippen molar-refractivity contribution in [2.75, 3.05) is 55.4 Å². The zero-order valence-electron chi connectivity index (χ0n) is 23.6. The van der Waals surface area contributed by atoms with Crippen LogP contribution in [0.15, 0.2) is 48.8 Å². The summed E-state index contributed by atoms with van der Waals surface area (Å²) in [5.74, 6) is 2.06. The first-order chi connectivity index (χ1) is 19.8. The van der Waals surface area contributed by atoms with Crippen molar-refractivity contribution >= 4 is 39.8 Å². The molecule has 0 aliphatic carbocycles. The van der Waals surface area contributed by atoms with E-state index in [2.05, 4.69) is 25.5 Å². The molecular formula is C29H34N8O3S. The van der Waals surface area contributed by atoms with Crippen molar-refractivity contribution in [2.45, 2.75) is 26.9 Å². The number of methoxy groups -OCH3 is 1. The van der Waals surface area contributed by atoms with Crippen molar-refractivity contribution in [3.05, 3.63) is 54.4 Å². The normalized spacial score (nSPS) is 14.1. The minimum Gasteiger partial charge on any atom is -0.497 e. The molecule has 1 amide bonds. The summed E-state index contributed by atoms with van der Waals surface area (Å²) in [6.07, 6.45) is 2.82. The second-order valence-electron chi connectivity index (χ2n) is 9.69. The molecule has 1 saturated heterocycles. The Morgan fingerprint density at radius 3 is 2.59 bits per heavy atom. The summed E-state index contributed by atoms with van der Waals surface area (Å²) in [5, 5.41) is 17.6. The van der Waals surface area contributed by atoms with Gasteiger partial charge in [-0.25, -0.2) is 19.9 Å². The Bertz CT molecular complexity index is 1500. The van der Waals surface area contributed by atoms with Gasteiger partial charge in [0.1, 0.15) is 11.6 Å². The number of carbonyl (C=O) groups is 1. The van der Waals surface area contributed by atoms with Crippen molar-refractivity contribution in [1.82, 2.24) is 24.8 Å². The maximum Gasteiger partial charge on any atom is 0.227 e. The largest absolute Gasteiger partial charge is 0.497 e. The van der Waals surface area contributed by atoms with Crippen LogP contribution in [-0.4, -0.2) is 75.7 Å². The van der Waals surface area contributed by atoms with Crippen LogP contribution >= 0.6 is 11.3 Å². The lowest BCUT2D eigenvalue weighted by atomic mass is 10.0. The Balaban J connectivity index is 1.39. The van der Waals surface area contributed by atoms with Crippen LogP contribution in [0.5, 0.6) is 5.75 Å². The lowest BCUT2D eigenvalue weighted by molar-refractivity contribution is -0.129. The zero-order valence-corrected chi connectivity index (χ0v) is 24.4. The van der Waals surface area contributed by atoms with Crippen molar-refractivity contribution in [2.24, 2.45) is 0 Å². The second-order valence-corrected chi connectivity index (χ2v) is 10.7. The van der Waals surface area contributed by atoms with Crippen molar-refractivity contribution in [1.29, 1.82) is 0 Å². The van der Waals surface area contributed by atoms with E-state index in [1.54, 1.807) is 33.4 Å². The lowest BCUT2D eigenvalue weighted by Gasteiger charge is -2.34. The Labute approximate surface area is 243 Å². The van der Waals surface area contributed by atoms with Gasteiger partial charge in [-0.1, -0.05) is 11.3 Å². The van der Waals surface area contributed by atoms with Gasteiger partial charge in [0.15, 0.2) is 5.13 Å². The van der Waals surface area contributed by atoms with E-state index in [1.807, 2.05) is 48.2 Å². The molecule has 1 atom stereocenters. The molecule has 5 rings (SSSR count). The summed E-state index contributed by atoms with van der Waals surface area (Å²) in [6.45, 7) is 8.99. The first-order valence-electron chi connectivity index (χ1n) is 13.5. The van der Waals surface area contributed by atoms with Gasteiger partial charge in [0, 0.05) is 51.4 Å². The Kier molecular flexibility index (Phi) is 8.60. The number of aromatic nitrogens is 4. The fourth-order valence-electron chi connectivity index (χ4n) is 4.61. The number of piperazine rings is 1. The number of aliphatic hydroxyl groups excluding tert-OH is 1. The first-order valence-corrected chi connectivity index (χ1v) is 14.3. The van der Waals surface area contributed by atoms with Crippen LogP contribution in [0.4, 0.5) is 22.6 Å². The number of amides is 1. The molecule has 1 aliphatic rings. The predicted octanol–water partition coefficient (Wildman–Crippen LogP) is 4.57. The van der Waals surface area contributed by atoms with Gasteiger partial charge >= 0.3 is 0 Å². The number of ether oxygens (including phenoxy) is 1. The molecule has 0 spiro atoms. The number of pyridine rings is 1. The van der Waals surface area contributed by atoms with E-state index in [-0.39, 0.29) is 5.91 Å². The number of hydrogen-bond acceptors (Lipinski definition) is 11. The molecule has 214 valence electrons. The highest BCUT2D eigenvalue weighted by atomic mass is 32.1. The molecule has 4 heterocycles. The third-order valence-electron chi connectivity index (χ3n) is 6.82. The van der Waals surface area contributed by atoms with Crippen LogP contribution in [0.2, 0.25) is 0 Å². The number of rotatable bonds is 9. The predicted molar refractivity (Wildman–Crippen MR) is 162 cm³/mol. The summed E-state index contributed by atoms with van der Waals surface area (Å²) < 4.78 is 5.50. The molecular weight excluding hydrogens is 540 g/mol. The van der Waals surface area contributed by atoms with Crippen molar-refractivity contribution < 1.29 is 14.6 Å². The smallest absolute Gasteiger partial charge is 0.227 e. The number of thiazole rings is 1. The van der Waals surface area contributed by atoms with E-state index in [0.29, 0.717) is 30.5 Å². The summed E-state index contributed by atoms with van der Waals surface area (Å²) in [7, 11) is 1.61. The fourth-order valence-corrected chi connectivity index (χ4v) is 5.63. The molecule has 1 unspecified atom stereocenters. The van der Waals surface area contributed by atoms with E-state index in [1.165, 1.54) is 11.3 Å². The summed E-state index contributed by atoms with van der Waals surface area (Å²) in [6, 6.07) is 11.4. The van der Waals surface area contributed by atoms with Gasteiger partial charge in [-0.2, -0.15) is 0 Å². The average molecular weight is 575 g/mol. The molecule has 11 nitrogen and oxygen atoms in total. The Hall–Kier alpha value is -4.29. The number of nitrogens with one attached hydrogen (secondary N) is 2. The molecule has 1 aliphatic heterocycles. The maximum absolute atomic E-state index is 11.6. The van der Waals surface area contributed by atoms with E-state index >= 15 is 0 Å². The van der Waals surface area contributed by atoms with E-state index in [4.69, 9.17) is 14.7 Å². The first kappa shape index (κ1) is 28.2. The van der Waals surface area contributed by atoms with Gasteiger partial charge < -0.3 is 30.3 Å². The molecule has 4 aromatic rings. The summed E-state index contributed by atoms with van der Waals surface area (Å²) in [4.78, 5) is 35.2. The van der Waals surface area contributed by atoms with Gasteiger partial charge in [-0.05, 0) is 55.8 Å². The number of hydrogen-bond donors (Lipinski definition) is 3. The molecule has 3 N–H and O–H groups in total. The molecule has 0 bridgehead atoms. The number of anilines is 4. The van der Waals surface area contributed by atoms with Crippen LogP contribution in [0, 0.1) is 0 Å². The monoisotopic (exact) mass is 574 g/mol. The van der Waals surface area contributed by atoms with Gasteiger partial charge in [-0.3, -0.25) is 4.79 Å². The van der Waals surface area contributed by atoms with Crippen LogP contribution in [0.3, 0.4) is 0 Å². The summed E-state index contributed by atoms with van der Waals surface area (Å²) in [5.41, 5.74) is 3.79. The Morgan fingerprint density at radius 1 is 1.12 bits per heavy atom. The van der Waals surface area contributed by atoms with Gasteiger partial charge in [0.05, 0.1) is 41.4 Å². The van der Waals surface area contributed by atoms with E-state index in [9.17, 15) is 9.90 Å². The average Bonchev–Trinajstić information content (AvgIpc) is 3.42. The third kappa shape index (κ3) is 6.55. The van der Waals surface area contributed by atoms with Crippen molar-refractivity contribution in [3.8, 4) is 27.6 Å². The van der Waals surface area contributed by atoms with Crippen LogP contribution < -0.4 is 20.3 Å². The van der Waals surface area contributed by atoms with Gasteiger partial charge in [0.2, 0.25) is 11.9 Å². The summed E-state index contributed by atoms with van der Waals surface area (Å²) >= 11 is 1.51. The minimum atomic E-state index is -0.654. The molecule has 0 radical (unpaired) electrons. The van der Waals surface area contributed by atoms with E-state index < -0.39 is 6.10 Å². The molecule has 1 fully saturated rings. The molecule has 0 saturated carbocycles. The van der Waals surface area contributed by atoms with Crippen LogP contribution in [0.25, 0.3) is 21.8 Å². The van der Waals surface area contributed by atoms with Crippen molar-refractivity contribution in [3.63, 3.8) is 0 Å². The number of carbonyl (C=O) groups excluding carboxylic acids is 1. The number of aliphatic hydroxyl groups is 1. The van der Waals surface area contributed by atoms with Gasteiger partial charge in [-0.15, -0.1) is 0 Å². The SMILES string of the molecule is CCNc1nc(-c2cc(OC)cc(C(C)O)c2)c(-c2ccnc(Nc3ccc(N4CCN(C(C)=O)CC4)nc3)n2)s1.